The molecule has 348 valence electrons. The number of aromatic nitrogens is 6. The highest BCUT2D eigenvalue weighted by atomic mass is 16.5. The fourth-order valence-electron chi connectivity index (χ4n) is 11.6. The van der Waals surface area contributed by atoms with E-state index in [-0.39, 0.29) is 0 Å². The molecular formula is C67H44N6O. The van der Waals surface area contributed by atoms with Crippen molar-refractivity contribution in [1.82, 2.24) is 28.2 Å². The van der Waals surface area contributed by atoms with Gasteiger partial charge in [-0.15, -0.1) is 0 Å². The Kier molecular flexibility index (Phi) is 9.34. The molecule has 5 aromatic heterocycles. The van der Waals surface area contributed by atoms with Gasteiger partial charge in [0.1, 0.15) is 23.6 Å². The maximum absolute atomic E-state index is 6.76. The molecule has 0 aliphatic carbocycles. The lowest BCUT2D eigenvalue weighted by atomic mass is 9.98. The van der Waals surface area contributed by atoms with Crippen molar-refractivity contribution < 1.29 is 4.74 Å². The smallest absolute Gasteiger partial charge is 0.137 e. The molecule has 0 unspecified atom stereocenters. The number of ether oxygens (including phenoxy) is 1. The summed E-state index contributed by atoms with van der Waals surface area (Å²) < 4.78 is 16.0. The van der Waals surface area contributed by atoms with Crippen molar-refractivity contribution in [2.45, 2.75) is 6.92 Å². The Morgan fingerprint density at radius 3 is 1.57 bits per heavy atom. The molecule has 0 atom stereocenters. The molecule has 0 saturated heterocycles. The number of hydrogen-bond donors (Lipinski definition) is 0. The van der Waals surface area contributed by atoms with Gasteiger partial charge in [-0.3, -0.25) is 9.13 Å². The fourth-order valence-corrected chi connectivity index (χ4v) is 11.6. The van der Waals surface area contributed by atoms with Crippen LogP contribution in [-0.4, -0.2) is 28.2 Å². The van der Waals surface area contributed by atoms with Gasteiger partial charge < -0.3 is 13.9 Å². The van der Waals surface area contributed by atoms with Gasteiger partial charge in [0, 0.05) is 61.8 Å². The minimum Gasteiger partial charge on any atom is -0.457 e. The molecule has 15 rings (SSSR count). The van der Waals surface area contributed by atoms with Gasteiger partial charge in [0.15, 0.2) is 0 Å². The highest BCUT2D eigenvalue weighted by Crippen LogP contribution is 2.44. The first-order chi connectivity index (χ1) is 36.6. The van der Waals surface area contributed by atoms with Crippen LogP contribution in [0.15, 0.2) is 249 Å². The third-order valence-corrected chi connectivity index (χ3v) is 14.9. The Balaban J connectivity index is 0.937. The summed E-state index contributed by atoms with van der Waals surface area (Å²) in [5, 5.41) is 7.10. The van der Waals surface area contributed by atoms with Gasteiger partial charge in [-0.1, -0.05) is 133 Å². The number of para-hydroxylation sites is 6. The van der Waals surface area contributed by atoms with Gasteiger partial charge in [0.05, 0.1) is 61.2 Å². The lowest BCUT2D eigenvalue weighted by Crippen LogP contribution is -2.05. The average Bonchev–Trinajstić information content (AvgIpc) is 4.22. The van der Waals surface area contributed by atoms with E-state index in [9.17, 15) is 0 Å². The molecule has 74 heavy (non-hydrogen) atoms. The number of nitrogens with zero attached hydrogens (tertiary/aromatic N) is 6. The third kappa shape index (κ3) is 6.46. The quantitative estimate of drug-likeness (QED) is 0.152. The van der Waals surface area contributed by atoms with Crippen LogP contribution >= 0.6 is 0 Å². The summed E-state index contributed by atoms with van der Waals surface area (Å²) in [5.41, 5.74) is 17.3. The third-order valence-electron chi connectivity index (χ3n) is 14.9. The first kappa shape index (κ1) is 41.8. The zero-order valence-electron chi connectivity index (χ0n) is 40.3. The summed E-state index contributed by atoms with van der Waals surface area (Å²) in [6, 6.07) is 84.1. The number of fused-ring (bicyclic) bond motifs is 10. The summed E-state index contributed by atoms with van der Waals surface area (Å²) in [4.78, 5) is 10.1. The van der Waals surface area contributed by atoms with E-state index >= 15 is 0 Å². The topological polar surface area (TPSA) is 54.7 Å². The average molecular weight is 949 g/mol. The van der Waals surface area contributed by atoms with E-state index < -0.39 is 0 Å². The monoisotopic (exact) mass is 948 g/mol. The number of rotatable bonds is 8. The lowest BCUT2D eigenvalue weighted by molar-refractivity contribution is 0.483. The van der Waals surface area contributed by atoms with E-state index in [0.29, 0.717) is 0 Å². The minimum atomic E-state index is 0.724. The van der Waals surface area contributed by atoms with Gasteiger partial charge >= 0.3 is 0 Å². The molecule has 10 aromatic carbocycles. The fraction of sp³-hybridized carbons (Fsp3) is 0.0149. The highest BCUT2D eigenvalue weighted by molar-refractivity contribution is 6.13. The molecule has 7 heteroatoms. The van der Waals surface area contributed by atoms with Gasteiger partial charge in [-0.05, 0) is 115 Å². The summed E-state index contributed by atoms with van der Waals surface area (Å²) in [6.07, 6.45) is 3.96. The standard InChI is InChI=1S/C67H44N6O/c1-43-37-66(73-61-36-33-45(44-17-3-2-4-18-44)38-54(61)53-35-34-48(40-65(53)73)74-47-20-15-19-46(39-47)70-42-69-56-25-9-14-30-62(56)70)68-41-55(43)67-63(71-57-26-10-5-21-49(57)50-22-6-11-27-58(50)71)31-16-32-64(67)72-59-28-12-7-23-51(59)52-24-8-13-29-60(52)72/h2-42H,1H3. The molecule has 0 aliphatic rings. The van der Waals surface area contributed by atoms with E-state index in [4.69, 9.17) is 9.72 Å². The number of aryl methyl sites for hydroxylation is 1. The molecule has 0 bridgehead atoms. The number of imidazole rings is 1. The molecule has 0 aliphatic heterocycles. The Labute approximate surface area is 425 Å². The van der Waals surface area contributed by atoms with Gasteiger partial charge in [0.2, 0.25) is 0 Å². The molecule has 7 nitrogen and oxygen atoms in total. The largest absolute Gasteiger partial charge is 0.457 e. The molecular weight excluding hydrogens is 905 g/mol. The highest BCUT2D eigenvalue weighted by Gasteiger charge is 2.24. The van der Waals surface area contributed by atoms with Gasteiger partial charge in [-0.2, -0.15) is 0 Å². The predicted octanol–water partition coefficient (Wildman–Crippen LogP) is 17.1. The van der Waals surface area contributed by atoms with Crippen LogP contribution in [0.25, 0.3) is 122 Å². The van der Waals surface area contributed by atoms with Crippen molar-refractivity contribution >= 4 is 76.5 Å². The second-order valence-electron chi connectivity index (χ2n) is 19.1. The van der Waals surface area contributed by atoms with Crippen LogP contribution in [0.5, 0.6) is 11.5 Å². The molecule has 0 radical (unpaired) electrons. The lowest BCUT2D eigenvalue weighted by Gasteiger charge is -2.21. The Morgan fingerprint density at radius 1 is 0.365 bits per heavy atom. The van der Waals surface area contributed by atoms with Crippen molar-refractivity contribution in [3.8, 4) is 56.6 Å². The maximum Gasteiger partial charge on any atom is 0.137 e. The van der Waals surface area contributed by atoms with Crippen LogP contribution in [0, 0.1) is 6.92 Å². The van der Waals surface area contributed by atoms with Gasteiger partial charge in [-0.25, -0.2) is 9.97 Å². The molecule has 0 spiro atoms. The van der Waals surface area contributed by atoms with E-state index in [1.807, 2.05) is 36.7 Å². The first-order valence-electron chi connectivity index (χ1n) is 25.0. The second kappa shape index (κ2) is 16.6. The SMILES string of the molecule is Cc1cc(-n2c3ccc(-c4ccccc4)cc3c3ccc(Oc4cccc(-n5cnc6ccccc65)c4)cc32)ncc1-c1c(-n2c3ccccc3c3ccccc32)cccc1-n1c2ccccc2c2ccccc21. The summed E-state index contributed by atoms with van der Waals surface area (Å²) >= 11 is 0. The minimum absolute atomic E-state index is 0.724. The molecule has 0 fully saturated rings. The van der Waals surface area contributed by atoms with E-state index in [2.05, 4.69) is 243 Å². The van der Waals surface area contributed by atoms with Crippen molar-refractivity contribution in [2.24, 2.45) is 0 Å². The molecule has 0 amide bonds. The van der Waals surface area contributed by atoms with Crippen LogP contribution in [0.1, 0.15) is 5.56 Å². The van der Waals surface area contributed by atoms with Crippen LogP contribution in [0.3, 0.4) is 0 Å². The molecule has 0 N–H and O–H groups in total. The van der Waals surface area contributed by atoms with Crippen molar-refractivity contribution in [1.29, 1.82) is 0 Å². The normalized spacial score (nSPS) is 11.9. The summed E-state index contributed by atoms with van der Waals surface area (Å²) in [6.45, 7) is 2.23. The van der Waals surface area contributed by atoms with Crippen LogP contribution in [0.4, 0.5) is 0 Å². The van der Waals surface area contributed by atoms with E-state index in [1.165, 1.54) is 27.1 Å². The molecule has 5 heterocycles. The Morgan fingerprint density at radius 2 is 0.919 bits per heavy atom. The summed E-state index contributed by atoms with van der Waals surface area (Å²) in [7, 11) is 0. The van der Waals surface area contributed by atoms with E-state index in [1.54, 1.807) is 0 Å². The van der Waals surface area contributed by atoms with Crippen molar-refractivity contribution in [3.63, 3.8) is 0 Å². The maximum atomic E-state index is 6.76. The van der Waals surface area contributed by atoms with Crippen molar-refractivity contribution in [2.75, 3.05) is 0 Å². The van der Waals surface area contributed by atoms with Crippen LogP contribution < -0.4 is 4.74 Å². The Bertz CT molecular complexity index is 4490. The number of hydrogen-bond acceptors (Lipinski definition) is 3. The second-order valence-corrected chi connectivity index (χ2v) is 19.1. The Hall–Kier alpha value is -9.98. The number of pyridine rings is 1. The molecule has 0 saturated carbocycles. The van der Waals surface area contributed by atoms with E-state index in [0.717, 1.165) is 112 Å². The predicted molar refractivity (Wildman–Crippen MR) is 304 cm³/mol. The summed E-state index contributed by atoms with van der Waals surface area (Å²) in [5.74, 6) is 2.27. The zero-order chi connectivity index (χ0) is 48.9. The van der Waals surface area contributed by atoms with Crippen LogP contribution in [0.2, 0.25) is 0 Å². The van der Waals surface area contributed by atoms with Crippen LogP contribution in [-0.2, 0) is 0 Å². The zero-order valence-corrected chi connectivity index (χ0v) is 40.3. The number of benzene rings is 10. The first-order valence-corrected chi connectivity index (χ1v) is 25.0. The van der Waals surface area contributed by atoms with Crippen molar-refractivity contribution in [3.05, 3.63) is 255 Å². The van der Waals surface area contributed by atoms with Gasteiger partial charge in [0.25, 0.3) is 0 Å². The molecule has 15 aromatic rings.